The highest BCUT2D eigenvalue weighted by Gasteiger charge is 2.23. The number of hydrogen-bond acceptors (Lipinski definition) is 4. The van der Waals surface area contributed by atoms with Crippen molar-refractivity contribution in [3.05, 3.63) is 53.2 Å². The van der Waals surface area contributed by atoms with Crippen LogP contribution in [0.2, 0.25) is 0 Å². The van der Waals surface area contributed by atoms with E-state index < -0.39 is 0 Å². The number of fused-ring (bicyclic) bond motifs is 1. The molecule has 0 spiro atoms. The molecule has 2 heterocycles. The zero-order chi connectivity index (χ0) is 17.8. The first-order valence-corrected chi connectivity index (χ1v) is 9.72. The molecule has 2 aromatic rings. The largest absolute Gasteiger partial charge is 0.352 e. The van der Waals surface area contributed by atoms with Gasteiger partial charge < -0.3 is 9.80 Å². The summed E-state index contributed by atoms with van der Waals surface area (Å²) in [5, 5.41) is 8.79. The van der Waals surface area contributed by atoms with Crippen molar-refractivity contribution in [1.29, 1.82) is 0 Å². The summed E-state index contributed by atoms with van der Waals surface area (Å²) in [5.74, 6) is 1.25. The van der Waals surface area contributed by atoms with E-state index in [9.17, 15) is 4.79 Å². The second kappa shape index (κ2) is 7.85. The average molecular weight is 350 g/mol. The molecule has 26 heavy (non-hydrogen) atoms. The molecule has 1 saturated heterocycles. The minimum Gasteiger partial charge on any atom is -0.352 e. The monoisotopic (exact) mass is 350 g/mol. The van der Waals surface area contributed by atoms with Crippen LogP contribution >= 0.6 is 0 Å². The predicted octanol–water partition coefficient (Wildman–Crippen LogP) is 2.64. The fraction of sp³-hybridized carbons (Fsp3) is 0.476. The van der Waals surface area contributed by atoms with Crippen LogP contribution in [0, 0.1) is 0 Å². The smallest absolute Gasteiger partial charge is 0.222 e. The van der Waals surface area contributed by atoms with Crippen LogP contribution in [0.5, 0.6) is 0 Å². The first kappa shape index (κ1) is 17.0. The maximum absolute atomic E-state index is 12.5. The zero-order valence-electron chi connectivity index (χ0n) is 15.2. The van der Waals surface area contributed by atoms with Crippen molar-refractivity contribution in [2.24, 2.45) is 0 Å². The van der Waals surface area contributed by atoms with E-state index in [1.807, 2.05) is 11.0 Å². The number of aromatic nitrogens is 2. The lowest BCUT2D eigenvalue weighted by Crippen LogP contribution is -2.49. The summed E-state index contributed by atoms with van der Waals surface area (Å²) in [6.07, 6.45) is 5.90. The molecule has 1 fully saturated rings. The Bertz CT molecular complexity index is 754. The molecule has 1 amide bonds. The van der Waals surface area contributed by atoms with Crippen LogP contribution in [0.1, 0.15) is 36.1 Å². The molecule has 0 radical (unpaired) electrons. The number of nitrogens with zero attached hydrogens (tertiary/aromatic N) is 4. The van der Waals surface area contributed by atoms with Crippen molar-refractivity contribution in [3.8, 4) is 0 Å². The topological polar surface area (TPSA) is 49.3 Å². The molecule has 0 saturated carbocycles. The van der Waals surface area contributed by atoms with Crippen LogP contribution in [-0.4, -0.2) is 47.2 Å². The van der Waals surface area contributed by atoms with Crippen molar-refractivity contribution < 1.29 is 4.79 Å². The second-order valence-electron chi connectivity index (χ2n) is 7.24. The number of rotatable bonds is 5. The molecule has 5 nitrogen and oxygen atoms in total. The number of carbonyl (C=O) groups excluding carboxylic acids is 1. The first-order chi connectivity index (χ1) is 12.8. The first-order valence-electron chi connectivity index (χ1n) is 9.72. The average Bonchev–Trinajstić information content (AvgIpc) is 3.17. The fourth-order valence-corrected chi connectivity index (χ4v) is 3.90. The van der Waals surface area contributed by atoms with Crippen molar-refractivity contribution in [2.45, 2.75) is 38.5 Å². The van der Waals surface area contributed by atoms with E-state index in [1.165, 1.54) is 23.2 Å². The Morgan fingerprint density at radius 1 is 1.00 bits per heavy atom. The molecule has 0 N–H and O–H groups in total. The zero-order valence-corrected chi connectivity index (χ0v) is 15.2. The van der Waals surface area contributed by atoms with E-state index in [4.69, 9.17) is 0 Å². The van der Waals surface area contributed by atoms with E-state index in [2.05, 4.69) is 45.4 Å². The Balaban J connectivity index is 1.25. The van der Waals surface area contributed by atoms with Gasteiger partial charge in [-0.25, -0.2) is 0 Å². The van der Waals surface area contributed by atoms with Gasteiger partial charge in [0.2, 0.25) is 5.91 Å². The Kier molecular flexibility index (Phi) is 5.14. The molecule has 5 heteroatoms. The summed E-state index contributed by atoms with van der Waals surface area (Å²) in [5.41, 5.74) is 3.83. The van der Waals surface area contributed by atoms with E-state index in [-0.39, 0.29) is 5.91 Å². The SMILES string of the molecule is O=C(CCCc1ccccc1)N1CCN(c2cc3c(nn2)CCC3)CC1. The summed E-state index contributed by atoms with van der Waals surface area (Å²) >= 11 is 0. The van der Waals surface area contributed by atoms with Crippen LogP contribution in [-0.2, 0) is 24.1 Å². The fourth-order valence-electron chi connectivity index (χ4n) is 3.90. The summed E-state index contributed by atoms with van der Waals surface area (Å²) in [6.45, 7) is 3.25. The molecule has 0 bridgehead atoms. The predicted molar refractivity (Wildman–Crippen MR) is 102 cm³/mol. The molecule has 1 aromatic heterocycles. The highest BCUT2D eigenvalue weighted by Crippen LogP contribution is 2.23. The van der Waals surface area contributed by atoms with Crippen LogP contribution < -0.4 is 4.90 Å². The van der Waals surface area contributed by atoms with E-state index in [1.54, 1.807) is 0 Å². The summed E-state index contributed by atoms with van der Waals surface area (Å²) in [4.78, 5) is 16.7. The normalized spacial score (nSPS) is 16.6. The molecule has 0 atom stereocenters. The van der Waals surface area contributed by atoms with E-state index >= 15 is 0 Å². The molecule has 0 unspecified atom stereocenters. The van der Waals surface area contributed by atoms with Gasteiger partial charge >= 0.3 is 0 Å². The van der Waals surface area contributed by atoms with Crippen LogP contribution in [0.15, 0.2) is 36.4 Å². The van der Waals surface area contributed by atoms with Gasteiger partial charge in [-0.05, 0) is 49.3 Å². The molecule has 1 aliphatic carbocycles. The van der Waals surface area contributed by atoms with Gasteiger partial charge in [0.1, 0.15) is 0 Å². The number of carbonyl (C=O) groups is 1. The van der Waals surface area contributed by atoms with Crippen LogP contribution in [0.3, 0.4) is 0 Å². The van der Waals surface area contributed by atoms with E-state index in [0.717, 1.165) is 57.7 Å². The van der Waals surface area contributed by atoms with Gasteiger partial charge in [-0.2, -0.15) is 5.10 Å². The number of benzene rings is 1. The second-order valence-corrected chi connectivity index (χ2v) is 7.24. The Morgan fingerprint density at radius 2 is 1.81 bits per heavy atom. The summed E-state index contributed by atoms with van der Waals surface area (Å²) < 4.78 is 0. The summed E-state index contributed by atoms with van der Waals surface area (Å²) in [7, 11) is 0. The molecule has 2 aliphatic rings. The number of piperazine rings is 1. The maximum Gasteiger partial charge on any atom is 0.222 e. The lowest BCUT2D eigenvalue weighted by molar-refractivity contribution is -0.131. The van der Waals surface area contributed by atoms with Gasteiger partial charge in [-0.15, -0.1) is 5.10 Å². The van der Waals surface area contributed by atoms with Gasteiger partial charge in [-0.3, -0.25) is 4.79 Å². The Hall–Kier alpha value is -2.43. The lowest BCUT2D eigenvalue weighted by atomic mass is 10.1. The van der Waals surface area contributed by atoms with Crippen molar-refractivity contribution in [2.75, 3.05) is 31.1 Å². The third-order valence-electron chi connectivity index (χ3n) is 5.46. The van der Waals surface area contributed by atoms with E-state index in [0.29, 0.717) is 6.42 Å². The van der Waals surface area contributed by atoms with Gasteiger partial charge in [-0.1, -0.05) is 30.3 Å². The number of amides is 1. The molecule has 4 rings (SSSR count). The maximum atomic E-state index is 12.5. The Labute approximate surface area is 155 Å². The molecule has 1 aromatic carbocycles. The minimum atomic E-state index is 0.278. The summed E-state index contributed by atoms with van der Waals surface area (Å²) in [6, 6.07) is 12.6. The number of anilines is 1. The highest BCUT2D eigenvalue weighted by molar-refractivity contribution is 5.76. The molecule has 1 aliphatic heterocycles. The lowest BCUT2D eigenvalue weighted by Gasteiger charge is -2.35. The van der Waals surface area contributed by atoms with Crippen molar-refractivity contribution >= 4 is 11.7 Å². The molecule has 136 valence electrons. The number of aryl methyl sites for hydroxylation is 3. The minimum absolute atomic E-state index is 0.278. The van der Waals surface area contributed by atoms with Crippen LogP contribution in [0.4, 0.5) is 5.82 Å². The van der Waals surface area contributed by atoms with Gasteiger partial charge in [0.15, 0.2) is 5.82 Å². The highest BCUT2D eigenvalue weighted by atomic mass is 16.2. The van der Waals surface area contributed by atoms with Gasteiger partial charge in [0.05, 0.1) is 5.69 Å². The molecular weight excluding hydrogens is 324 g/mol. The van der Waals surface area contributed by atoms with Crippen LogP contribution in [0.25, 0.3) is 0 Å². The quantitative estimate of drug-likeness (QED) is 0.832. The number of hydrogen-bond donors (Lipinski definition) is 0. The Morgan fingerprint density at radius 3 is 2.62 bits per heavy atom. The standard InChI is InChI=1S/C21H26N4O/c26-21(11-4-8-17-6-2-1-3-7-17)25-14-12-24(13-15-25)20-16-18-9-5-10-19(18)22-23-20/h1-3,6-7,16H,4-5,8-15H2. The van der Waals surface area contributed by atoms with Crippen molar-refractivity contribution in [1.82, 2.24) is 15.1 Å². The van der Waals surface area contributed by atoms with Crippen molar-refractivity contribution in [3.63, 3.8) is 0 Å². The van der Waals surface area contributed by atoms with Gasteiger partial charge in [0.25, 0.3) is 0 Å². The molecular formula is C21H26N4O. The van der Waals surface area contributed by atoms with Gasteiger partial charge in [0, 0.05) is 32.6 Å². The third-order valence-corrected chi connectivity index (χ3v) is 5.46. The third kappa shape index (κ3) is 3.87.